The van der Waals surface area contributed by atoms with Crippen LogP contribution in [0.3, 0.4) is 0 Å². The second-order valence-corrected chi connectivity index (χ2v) is 3.61. The van der Waals surface area contributed by atoms with Gasteiger partial charge in [-0.2, -0.15) is 0 Å². The van der Waals surface area contributed by atoms with E-state index in [2.05, 4.69) is 0 Å². The summed E-state index contributed by atoms with van der Waals surface area (Å²) in [6.07, 6.45) is 2.86. The van der Waals surface area contributed by atoms with E-state index in [-0.39, 0.29) is 0 Å². The fourth-order valence-electron chi connectivity index (χ4n) is 0.365. The van der Waals surface area contributed by atoms with Gasteiger partial charge in [-0.15, -0.1) is 0 Å². The first-order valence-corrected chi connectivity index (χ1v) is 4.24. The molecule has 0 rings (SSSR count). The zero-order valence-corrected chi connectivity index (χ0v) is 6.25. The Morgan fingerprint density at radius 3 is 1.50 bits per heavy atom. The molecule has 0 aliphatic rings. The second-order valence-electron chi connectivity index (χ2n) is 1.61. The van der Waals surface area contributed by atoms with E-state index < -0.39 is 26.2 Å². The van der Waals surface area contributed by atoms with Gasteiger partial charge in [0.1, 0.15) is 12.5 Å². The quantitative estimate of drug-likeness (QED) is 0.332. The first-order valence-electron chi connectivity index (χ1n) is 2.20. The maximum Gasteiger partial charge on any atom is 0.792 e. The van der Waals surface area contributed by atoms with Crippen molar-refractivity contribution in [3.8, 4) is 0 Å². The molecule has 0 atom stereocenters. The summed E-state index contributed by atoms with van der Waals surface area (Å²) in [6.45, 7) is 0. The van der Waals surface area contributed by atoms with E-state index in [9.17, 15) is 20.2 Å². The van der Waals surface area contributed by atoms with Crippen molar-refractivity contribution in [3.05, 3.63) is 25.7 Å². The fraction of sp³-hybridized carbons (Fsp3) is 0.667. The van der Waals surface area contributed by atoms with Gasteiger partial charge < -0.3 is 0 Å². The van der Waals surface area contributed by atoms with Gasteiger partial charge in [-0.25, -0.2) is 0 Å². The van der Waals surface area contributed by atoms with Crippen molar-refractivity contribution < 1.29 is 9.85 Å². The molecule has 0 heterocycles. The van der Waals surface area contributed by atoms with Crippen LogP contribution >= 0.6 is 0 Å². The minimum atomic E-state index is -0.955. The molecule has 0 amide bonds. The highest BCUT2D eigenvalue weighted by molar-refractivity contribution is 7.97. The molecule has 0 spiro atoms. The maximum atomic E-state index is 9.92. The molecule has 0 aromatic carbocycles. The van der Waals surface area contributed by atoms with Crippen molar-refractivity contribution >= 4 is 10.9 Å². The van der Waals surface area contributed by atoms with Crippen LogP contribution in [0.25, 0.3) is 0 Å². The van der Waals surface area contributed by atoms with E-state index in [4.69, 9.17) is 0 Å². The van der Waals surface area contributed by atoms with Crippen molar-refractivity contribution in [1.82, 2.24) is 0 Å². The van der Waals surface area contributed by atoms with Gasteiger partial charge in [-0.05, 0) is 0 Å². The Kier molecular flexibility index (Phi) is 3.07. The van der Waals surface area contributed by atoms with Crippen LogP contribution in [-0.4, -0.2) is 22.4 Å². The Labute approximate surface area is 59.9 Å². The summed E-state index contributed by atoms with van der Waals surface area (Å²) in [5.41, 5.74) is -0.833. The highest BCUT2D eigenvalue weighted by atomic mass is 32.2. The molecule has 7 heteroatoms. The molecule has 0 unspecified atom stereocenters. The van der Waals surface area contributed by atoms with Crippen LogP contribution in [0.5, 0.6) is 0 Å². The molecule has 0 aromatic heterocycles. The summed E-state index contributed by atoms with van der Waals surface area (Å²) in [4.78, 5) is 17.9. The molecule has 0 fully saturated rings. The fourth-order valence-corrected chi connectivity index (χ4v) is 0.961. The van der Waals surface area contributed by atoms with Crippen LogP contribution in [0.2, 0.25) is 0 Å². The summed E-state index contributed by atoms with van der Waals surface area (Å²) in [5, 5.41) is 19.8. The van der Waals surface area contributed by atoms with Crippen molar-refractivity contribution in [2.24, 2.45) is 0 Å². The molecule has 0 aromatic rings. The van der Waals surface area contributed by atoms with Gasteiger partial charge in [-0.3, -0.25) is 20.2 Å². The third-order valence-corrected chi connectivity index (χ3v) is 1.71. The molecule has 0 aliphatic carbocycles. The van der Waals surface area contributed by atoms with E-state index in [1.807, 2.05) is 0 Å². The van der Waals surface area contributed by atoms with E-state index in [1.54, 1.807) is 0 Å². The number of rotatable bonds is 3. The van der Waals surface area contributed by atoms with E-state index in [0.717, 1.165) is 0 Å². The van der Waals surface area contributed by atoms with E-state index in [1.165, 1.54) is 12.5 Å². The Morgan fingerprint density at radius 1 is 1.20 bits per heavy atom. The number of nitrogens with zero attached hydrogens (tertiary/aromatic N) is 2. The molecule has 0 bridgehead atoms. The molecule has 0 saturated heterocycles. The SMILES string of the molecule is C[S+](C)[C]([N+](=O)[O-])[N+](=O)[O-]. The normalized spacial score (nSPS) is 10.4. The van der Waals surface area contributed by atoms with Crippen LogP contribution < -0.4 is 0 Å². The lowest BCUT2D eigenvalue weighted by atomic mass is 11.2. The minimum Gasteiger partial charge on any atom is -0.254 e. The lowest BCUT2D eigenvalue weighted by molar-refractivity contribution is -0.645. The third-order valence-electron chi connectivity index (χ3n) is 0.678. The topological polar surface area (TPSA) is 86.3 Å². The summed E-state index contributed by atoms with van der Waals surface area (Å²) < 4.78 is 0. The van der Waals surface area contributed by atoms with Gasteiger partial charge in [0, 0.05) is 0 Å². The van der Waals surface area contributed by atoms with Crippen LogP contribution in [0.4, 0.5) is 0 Å². The largest absolute Gasteiger partial charge is 0.792 e. The van der Waals surface area contributed by atoms with Gasteiger partial charge in [0.25, 0.3) is 0 Å². The van der Waals surface area contributed by atoms with E-state index in [0.29, 0.717) is 0 Å². The maximum absolute atomic E-state index is 9.92. The first kappa shape index (κ1) is 9.15. The molecular weight excluding hydrogens is 160 g/mol. The summed E-state index contributed by atoms with van der Waals surface area (Å²) in [6, 6.07) is 0. The zero-order chi connectivity index (χ0) is 8.31. The summed E-state index contributed by atoms with van der Waals surface area (Å²) in [7, 11) is -0.895. The Balaban J connectivity index is 4.27. The lowest BCUT2D eigenvalue weighted by Gasteiger charge is -1.89. The summed E-state index contributed by atoms with van der Waals surface area (Å²) in [5.74, 6) is 0. The van der Waals surface area contributed by atoms with Gasteiger partial charge in [-0.1, -0.05) is 0 Å². The molecule has 0 saturated carbocycles. The van der Waals surface area contributed by atoms with Gasteiger partial charge in [0.15, 0.2) is 20.7 Å². The van der Waals surface area contributed by atoms with Crippen LogP contribution in [0, 0.1) is 25.7 Å². The van der Waals surface area contributed by atoms with Gasteiger partial charge in [0.05, 0.1) is 0 Å². The van der Waals surface area contributed by atoms with Crippen LogP contribution in [0.15, 0.2) is 0 Å². The average molecular weight is 166 g/mol. The molecule has 1 radical (unpaired) electrons. The molecule has 57 valence electrons. The number of nitro groups is 2. The van der Waals surface area contributed by atoms with Gasteiger partial charge >= 0.3 is 5.50 Å². The monoisotopic (exact) mass is 166 g/mol. The van der Waals surface area contributed by atoms with Gasteiger partial charge in [0.2, 0.25) is 0 Å². The highest BCUT2D eigenvalue weighted by Gasteiger charge is 2.54. The van der Waals surface area contributed by atoms with Crippen LogP contribution in [-0.2, 0) is 10.9 Å². The Morgan fingerprint density at radius 2 is 1.50 bits per heavy atom. The predicted molar refractivity (Wildman–Crippen MR) is 36.4 cm³/mol. The van der Waals surface area contributed by atoms with Crippen LogP contribution in [0.1, 0.15) is 0 Å². The Hall–Kier alpha value is -0.850. The molecule has 6 nitrogen and oxygen atoms in total. The third kappa shape index (κ3) is 2.18. The predicted octanol–water partition coefficient (Wildman–Crippen LogP) is -0.135. The second kappa shape index (κ2) is 3.35. The van der Waals surface area contributed by atoms with Crippen molar-refractivity contribution in [2.45, 2.75) is 0 Å². The number of hydrogen-bond donors (Lipinski definition) is 0. The van der Waals surface area contributed by atoms with E-state index >= 15 is 0 Å². The highest BCUT2D eigenvalue weighted by Crippen LogP contribution is 2.09. The lowest BCUT2D eigenvalue weighted by Crippen LogP contribution is -2.26. The summed E-state index contributed by atoms with van der Waals surface area (Å²) >= 11 is 0. The standard InChI is InChI=1S/C3H6N2O4S/c1-10(2)3(4(6)7)5(8)9/h1-2H3/q+1. The number of hydrogen-bond acceptors (Lipinski definition) is 4. The molecule has 0 N–H and O–H groups in total. The average Bonchev–Trinajstić information content (AvgIpc) is 1.59. The smallest absolute Gasteiger partial charge is 0.254 e. The molecule has 10 heavy (non-hydrogen) atoms. The minimum absolute atomic E-state index is 0.833. The van der Waals surface area contributed by atoms with Crippen molar-refractivity contribution in [2.75, 3.05) is 12.5 Å². The van der Waals surface area contributed by atoms with Crippen molar-refractivity contribution in [3.63, 3.8) is 0 Å². The molecule has 0 aliphatic heterocycles. The Bertz CT molecular complexity index is 145. The first-order chi connectivity index (χ1) is 4.46. The molecular formula is C3H6N2O4S+. The zero-order valence-electron chi connectivity index (χ0n) is 5.44. The van der Waals surface area contributed by atoms with Crippen molar-refractivity contribution in [1.29, 1.82) is 0 Å².